The van der Waals surface area contributed by atoms with Crippen molar-refractivity contribution in [3.8, 4) is 11.4 Å². The Labute approximate surface area is 144 Å². The smallest absolute Gasteiger partial charge is 0.258 e. The van der Waals surface area contributed by atoms with E-state index in [1.54, 1.807) is 42.5 Å². The maximum atomic E-state index is 12.8. The van der Waals surface area contributed by atoms with Gasteiger partial charge in [0, 0.05) is 0 Å². The molecular formula is C19H19N3O3. The van der Waals surface area contributed by atoms with Crippen LogP contribution in [0.4, 0.5) is 0 Å². The number of rotatable bonds is 3. The van der Waals surface area contributed by atoms with Crippen LogP contribution in [-0.4, -0.2) is 14.1 Å². The first-order chi connectivity index (χ1) is 11.9. The van der Waals surface area contributed by atoms with Crippen molar-refractivity contribution in [2.24, 2.45) is 0 Å². The molecule has 3 aromatic rings. The van der Waals surface area contributed by atoms with Gasteiger partial charge in [0.2, 0.25) is 0 Å². The van der Waals surface area contributed by atoms with Crippen molar-refractivity contribution in [2.75, 3.05) is 0 Å². The van der Waals surface area contributed by atoms with Crippen LogP contribution in [0, 0.1) is 6.92 Å². The van der Waals surface area contributed by atoms with Gasteiger partial charge in [0.1, 0.15) is 0 Å². The molecule has 0 bridgehead atoms. The fraction of sp³-hybridized carbons (Fsp3) is 0.211. The van der Waals surface area contributed by atoms with E-state index in [4.69, 9.17) is 0 Å². The van der Waals surface area contributed by atoms with Crippen molar-refractivity contribution in [3.05, 3.63) is 91.1 Å². The van der Waals surface area contributed by atoms with E-state index < -0.39 is 17.1 Å². The summed E-state index contributed by atoms with van der Waals surface area (Å²) in [5, 5.41) is 0. The van der Waals surface area contributed by atoms with Gasteiger partial charge in [-0.2, -0.15) is 0 Å². The number of para-hydroxylation sites is 1. The van der Waals surface area contributed by atoms with Crippen molar-refractivity contribution in [1.82, 2.24) is 14.1 Å². The van der Waals surface area contributed by atoms with Crippen molar-refractivity contribution < 1.29 is 0 Å². The molecule has 0 radical (unpaired) electrons. The first-order valence-corrected chi connectivity index (χ1v) is 8.05. The molecule has 128 valence electrons. The van der Waals surface area contributed by atoms with E-state index in [1.807, 2.05) is 13.0 Å². The van der Waals surface area contributed by atoms with Gasteiger partial charge in [-0.1, -0.05) is 38.1 Å². The lowest BCUT2D eigenvalue weighted by Crippen LogP contribution is -2.48. The summed E-state index contributed by atoms with van der Waals surface area (Å²) in [5.41, 5.74) is 0.750. The summed E-state index contributed by atoms with van der Waals surface area (Å²) < 4.78 is 1.93. The second kappa shape index (κ2) is 6.39. The van der Waals surface area contributed by atoms with Crippen LogP contribution in [0.5, 0.6) is 0 Å². The zero-order valence-corrected chi connectivity index (χ0v) is 14.3. The van der Waals surface area contributed by atoms with Gasteiger partial charge in [-0.05, 0) is 48.2 Å². The van der Waals surface area contributed by atoms with Crippen LogP contribution in [0.15, 0.2) is 62.9 Å². The predicted octanol–water partition coefficient (Wildman–Crippen LogP) is 2.11. The zero-order valence-electron chi connectivity index (χ0n) is 14.3. The molecule has 0 aliphatic heterocycles. The van der Waals surface area contributed by atoms with Crippen LogP contribution >= 0.6 is 0 Å². The van der Waals surface area contributed by atoms with Crippen LogP contribution in [0.3, 0.4) is 0 Å². The number of aryl methyl sites for hydroxylation is 1. The molecule has 0 amide bonds. The number of aromatic amines is 1. The molecule has 0 fully saturated rings. The molecule has 0 aliphatic rings. The molecule has 0 aliphatic carbocycles. The normalized spacial score (nSPS) is 11.0. The van der Waals surface area contributed by atoms with Crippen LogP contribution in [0.2, 0.25) is 0 Å². The minimum Gasteiger partial charge on any atom is -0.258 e. The van der Waals surface area contributed by atoms with Crippen LogP contribution in [-0.2, 0) is 0 Å². The summed E-state index contributed by atoms with van der Waals surface area (Å²) >= 11 is 0. The molecule has 0 atom stereocenters. The number of benzene rings is 2. The maximum absolute atomic E-state index is 12.8. The quantitative estimate of drug-likeness (QED) is 0.795. The fourth-order valence-corrected chi connectivity index (χ4v) is 2.96. The number of hydrogen-bond donors (Lipinski definition) is 1. The van der Waals surface area contributed by atoms with E-state index in [0.717, 1.165) is 20.3 Å². The number of aromatic nitrogens is 3. The van der Waals surface area contributed by atoms with Crippen LogP contribution in [0.25, 0.3) is 11.4 Å². The van der Waals surface area contributed by atoms with E-state index in [0.29, 0.717) is 17.3 Å². The number of hydrogen-bond acceptors (Lipinski definition) is 3. The van der Waals surface area contributed by atoms with Gasteiger partial charge < -0.3 is 0 Å². The largest absolute Gasteiger partial charge is 0.345 e. The second-order valence-corrected chi connectivity index (χ2v) is 6.22. The first-order valence-electron chi connectivity index (χ1n) is 8.05. The molecule has 1 N–H and O–H groups in total. The Kier molecular flexibility index (Phi) is 4.27. The Hall–Kier alpha value is -3.15. The summed E-state index contributed by atoms with van der Waals surface area (Å²) in [6.07, 6.45) is 0. The second-order valence-electron chi connectivity index (χ2n) is 6.22. The Morgan fingerprint density at radius 2 is 1.44 bits per heavy atom. The van der Waals surface area contributed by atoms with E-state index >= 15 is 0 Å². The standard InChI is InChI=1S/C19H19N3O3/c1-12(2)16-10-9-15(11-13(16)3)22-18(24)20-17(23)21(19(22)25)14-7-5-4-6-8-14/h4-12H,1-3H3,(H,20,23,24). The van der Waals surface area contributed by atoms with Crippen LogP contribution < -0.4 is 17.1 Å². The summed E-state index contributed by atoms with van der Waals surface area (Å²) in [4.78, 5) is 39.5. The lowest BCUT2D eigenvalue weighted by atomic mass is 9.98. The molecule has 25 heavy (non-hydrogen) atoms. The molecule has 0 unspecified atom stereocenters. The van der Waals surface area contributed by atoms with E-state index in [1.165, 1.54) is 0 Å². The number of nitrogens with zero attached hydrogens (tertiary/aromatic N) is 2. The molecule has 0 saturated carbocycles. The maximum Gasteiger partial charge on any atom is 0.345 e. The third-order valence-corrected chi connectivity index (χ3v) is 4.15. The molecule has 6 nitrogen and oxygen atoms in total. The molecule has 0 spiro atoms. The monoisotopic (exact) mass is 337 g/mol. The summed E-state index contributed by atoms with van der Waals surface area (Å²) in [6.45, 7) is 6.10. The minimum absolute atomic E-state index is 0.335. The zero-order chi connectivity index (χ0) is 18.1. The van der Waals surface area contributed by atoms with E-state index in [9.17, 15) is 14.4 Å². The fourth-order valence-electron chi connectivity index (χ4n) is 2.96. The third kappa shape index (κ3) is 2.98. The van der Waals surface area contributed by atoms with Gasteiger partial charge in [-0.25, -0.2) is 23.5 Å². The topological polar surface area (TPSA) is 76.9 Å². The van der Waals surface area contributed by atoms with Crippen LogP contribution in [0.1, 0.15) is 30.9 Å². The lowest BCUT2D eigenvalue weighted by molar-refractivity contribution is 0.713. The van der Waals surface area contributed by atoms with Crippen molar-refractivity contribution >= 4 is 0 Å². The summed E-state index contributed by atoms with van der Waals surface area (Å²) in [5.74, 6) is 0.335. The van der Waals surface area contributed by atoms with Gasteiger partial charge >= 0.3 is 17.1 Å². The van der Waals surface area contributed by atoms with E-state index in [2.05, 4.69) is 18.8 Å². The number of H-pyrrole nitrogens is 1. The van der Waals surface area contributed by atoms with E-state index in [-0.39, 0.29) is 0 Å². The average molecular weight is 337 g/mol. The highest BCUT2D eigenvalue weighted by molar-refractivity contribution is 5.41. The molecule has 3 rings (SSSR count). The van der Waals surface area contributed by atoms with Gasteiger partial charge in [-0.15, -0.1) is 0 Å². The van der Waals surface area contributed by atoms with Gasteiger partial charge in [-0.3, -0.25) is 4.98 Å². The molecule has 1 heterocycles. The third-order valence-electron chi connectivity index (χ3n) is 4.15. The summed E-state index contributed by atoms with van der Waals surface area (Å²) in [7, 11) is 0. The summed E-state index contributed by atoms with van der Waals surface area (Å²) in [6, 6.07) is 13.9. The Morgan fingerprint density at radius 3 is 2.00 bits per heavy atom. The van der Waals surface area contributed by atoms with Gasteiger partial charge in [0.25, 0.3) is 0 Å². The van der Waals surface area contributed by atoms with Crippen molar-refractivity contribution in [2.45, 2.75) is 26.7 Å². The SMILES string of the molecule is Cc1cc(-n2c(=O)[nH]c(=O)n(-c3ccccc3)c2=O)ccc1C(C)C. The van der Waals surface area contributed by atoms with Crippen molar-refractivity contribution in [1.29, 1.82) is 0 Å². The highest BCUT2D eigenvalue weighted by Crippen LogP contribution is 2.20. The molecule has 6 heteroatoms. The number of nitrogens with one attached hydrogen (secondary N) is 1. The Balaban J connectivity index is 2.28. The van der Waals surface area contributed by atoms with Gasteiger partial charge in [0.05, 0.1) is 11.4 Å². The average Bonchev–Trinajstić information content (AvgIpc) is 2.55. The lowest BCUT2D eigenvalue weighted by Gasteiger charge is -2.13. The first kappa shape index (κ1) is 16.7. The highest BCUT2D eigenvalue weighted by Gasteiger charge is 2.14. The van der Waals surface area contributed by atoms with Crippen molar-refractivity contribution in [3.63, 3.8) is 0 Å². The Morgan fingerprint density at radius 1 is 0.840 bits per heavy atom. The van der Waals surface area contributed by atoms with Gasteiger partial charge in [0.15, 0.2) is 0 Å². The molecule has 2 aromatic carbocycles. The molecule has 0 saturated heterocycles. The predicted molar refractivity (Wildman–Crippen MR) is 97.1 cm³/mol. The molecular weight excluding hydrogens is 318 g/mol. The minimum atomic E-state index is -0.757. The highest BCUT2D eigenvalue weighted by atomic mass is 16.2. The molecule has 1 aromatic heterocycles. The Bertz CT molecular complexity index is 1090.